The highest BCUT2D eigenvalue weighted by atomic mass is 35.5. The second kappa shape index (κ2) is 8.80. The van der Waals surface area contributed by atoms with Crippen molar-refractivity contribution < 1.29 is 14.6 Å². The molecule has 3 aromatic rings. The van der Waals surface area contributed by atoms with Gasteiger partial charge in [-0.3, -0.25) is 0 Å². The summed E-state index contributed by atoms with van der Waals surface area (Å²) in [7, 11) is 0. The van der Waals surface area contributed by atoms with Crippen LogP contribution in [0.1, 0.15) is 34.5 Å². The Morgan fingerprint density at radius 1 is 1.29 bits per heavy atom. The van der Waals surface area contributed by atoms with Crippen LogP contribution in [-0.4, -0.2) is 42.4 Å². The second-order valence-electron chi connectivity index (χ2n) is 7.35. The molecule has 1 saturated heterocycles. The molecule has 1 aliphatic rings. The van der Waals surface area contributed by atoms with E-state index in [1.54, 1.807) is 36.4 Å². The average Bonchev–Trinajstić information content (AvgIpc) is 2.78. The molecule has 1 aliphatic heterocycles. The molecule has 31 heavy (non-hydrogen) atoms. The van der Waals surface area contributed by atoms with E-state index in [4.69, 9.17) is 21.3 Å². The lowest BCUT2D eigenvalue weighted by molar-refractivity contribution is 0.0698. The summed E-state index contributed by atoms with van der Waals surface area (Å²) in [6.45, 7) is 4.54. The Morgan fingerprint density at radius 2 is 2.03 bits per heavy atom. The normalized spacial score (nSPS) is 14.8. The fraction of sp³-hybridized carbons (Fsp3) is 0.261. The van der Waals surface area contributed by atoms with Crippen LogP contribution in [0.4, 0.5) is 11.5 Å². The fourth-order valence-electron chi connectivity index (χ4n) is 3.79. The molecule has 0 radical (unpaired) electrons. The van der Waals surface area contributed by atoms with Gasteiger partial charge in [-0.2, -0.15) is 5.26 Å². The summed E-state index contributed by atoms with van der Waals surface area (Å²) in [4.78, 5) is 18.6. The highest BCUT2D eigenvalue weighted by Gasteiger charge is 2.20. The number of aromatic nitrogens is 1. The zero-order valence-electron chi connectivity index (χ0n) is 16.9. The molecule has 4 rings (SSSR count). The van der Waals surface area contributed by atoms with Crippen LogP contribution in [0.25, 0.3) is 10.9 Å². The molecule has 2 aromatic carbocycles. The van der Waals surface area contributed by atoms with Gasteiger partial charge < -0.3 is 20.1 Å². The Bertz CT molecular complexity index is 1190. The van der Waals surface area contributed by atoms with Crippen LogP contribution in [0, 0.1) is 11.3 Å². The van der Waals surface area contributed by atoms with Gasteiger partial charge in [0.25, 0.3) is 0 Å². The number of nitrogens with zero attached hydrogens (tertiary/aromatic N) is 3. The number of pyridine rings is 1. The number of carbonyl (C=O) groups is 1. The van der Waals surface area contributed by atoms with Gasteiger partial charge in [-0.1, -0.05) is 23.7 Å². The number of ether oxygens (including phenoxy) is 1. The average molecular weight is 437 g/mol. The van der Waals surface area contributed by atoms with Gasteiger partial charge in [0.15, 0.2) is 0 Å². The van der Waals surface area contributed by atoms with E-state index in [9.17, 15) is 15.2 Å². The third-order valence-corrected chi connectivity index (χ3v) is 5.56. The van der Waals surface area contributed by atoms with Gasteiger partial charge in [0.05, 0.1) is 42.0 Å². The molecule has 0 unspecified atom stereocenters. The molecule has 0 amide bonds. The molecule has 158 valence electrons. The Labute approximate surface area is 184 Å². The monoisotopic (exact) mass is 436 g/mol. The highest BCUT2D eigenvalue weighted by molar-refractivity contribution is 6.31. The Balaban J connectivity index is 1.81. The van der Waals surface area contributed by atoms with Crippen LogP contribution >= 0.6 is 11.6 Å². The number of nitriles is 1. The van der Waals surface area contributed by atoms with Crippen molar-refractivity contribution in [1.29, 1.82) is 5.26 Å². The SMILES string of the molecule is C[C@H](Nc1ccccc1C(=O)O)c1cc(Cl)cc2c(C#N)cc(N3CCOCC3)nc12. The van der Waals surface area contributed by atoms with Gasteiger partial charge in [-0.25, -0.2) is 9.78 Å². The van der Waals surface area contributed by atoms with Crippen molar-refractivity contribution in [3.63, 3.8) is 0 Å². The molecule has 7 nitrogen and oxygen atoms in total. The molecular formula is C23H21ClN4O3. The van der Waals surface area contributed by atoms with Crippen LogP contribution in [0.15, 0.2) is 42.5 Å². The molecule has 2 heterocycles. The Morgan fingerprint density at radius 3 is 2.74 bits per heavy atom. The summed E-state index contributed by atoms with van der Waals surface area (Å²) in [5, 5.41) is 23.7. The minimum absolute atomic E-state index is 0.181. The summed E-state index contributed by atoms with van der Waals surface area (Å²) in [5.41, 5.74) is 2.63. The zero-order valence-corrected chi connectivity index (χ0v) is 17.7. The van der Waals surface area contributed by atoms with E-state index < -0.39 is 5.97 Å². The van der Waals surface area contributed by atoms with E-state index >= 15 is 0 Å². The van der Waals surface area contributed by atoms with Crippen molar-refractivity contribution in [3.8, 4) is 6.07 Å². The Kier molecular flexibility index (Phi) is 5.94. The lowest BCUT2D eigenvalue weighted by Crippen LogP contribution is -2.36. The largest absolute Gasteiger partial charge is 0.478 e. The summed E-state index contributed by atoms with van der Waals surface area (Å²) >= 11 is 6.38. The predicted octanol–water partition coefficient (Wildman–Crippen LogP) is 4.47. The number of halogens is 1. The van der Waals surface area contributed by atoms with Crippen molar-refractivity contribution >= 4 is 40.0 Å². The number of anilines is 2. The summed E-state index contributed by atoms with van der Waals surface area (Å²) < 4.78 is 5.43. The number of benzene rings is 2. The molecule has 2 N–H and O–H groups in total. The topological polar surface area (TPSA) is 98.5 Å². The van der Waals surface area contributed by atoms with Crippen molar-refractivity contribution in [2.24, 2.45) is 0 Å². The van der Waals surface area contributed by atoms with Crippen LogP contribution in [0.5, 0.6) is 0 Å². The van der Waals surface area contributed by atoms with Crippen molar-refractivity contribution in [2.75, 3.05) is 36.5 Å². The number of hydrogen-bond acceptors (Lipinski definition) is 6. The minimum atomic E-state index is -1.01. The first-order valence-electron chi connectivity index (χ1n) is 9.94. The number of para-hydroxylation sites is 1. The number of nitrogens with one attached hydrogen (secondary N) is 1. The molecule has 8 heteroatoms. The van der Waals surface area contributed by atoms with Crippen LogP contribution in [-0.2, 0) is 4.74 Å². The lowest BCUT2D eigenvalue weighted by atomic mass is 10.00. The van der Waals surface area contributed by atoms with Gasteiger partial charge in [0, 0.05) is 34.7 Å². The second-order valence-corrected chi connectivity index (χ2v) is 7.78. The first kappa shape index (κ1) is 20.9. The van der Waals surface area contributed by atoms with Gasteiger partial charge in [-0.05, 0) is 37.3 Å². The van der Waals surface area contributed by atoms with Gasteiger partial charge in [0.2, 0.25) is 0 Å². The maximum atomic E-state index is 11.6. The standard InChI is InChI=1S/C23H21ClN4O3/c1-14(26-20-5-3-2-4-17(20)23(29)30)18-11-16(24)12-19-15(13-25)10-21(27-22(18)19)28-6-8-31-9-7-28/h2-5,10-12,14,26H,6-9H2,1H3,(H,29,30)/t14-/m0/s1. The van der Waals surface area contributed by atoms with Crippen molar-refractivity contribution in [3.05, 3.63) is 64.2 Å². The first-order valence-corrected chi connectivity index (χ1v) is 10.3. The number of carboxylic acids is 1. The molecule has 0 aliphatic carbocycles. The van der Waals surface area contributed by atoms with E-state index in [2.05, 4.69) is 16.3 Å². The van der Waals surface area contributed by atoms with Gasteiger partial charge in [0.1, 0.15) is 5.82 Å². The summed E-state index contributed by atoms with van der Waals surface area (Å²) in [6.07, 6.45) is 0. The highest BCUT2D eigenvalue weighted by Crippen LogP contribution is 2.33. The maximum Gasteiger partial charge on any atom is 0.337 e. The molecule has 0 spiro atoms. The molecule has 1 fully saturated rings. The number of carboxylic acid groups (broad SMARTS) is 1. The van der Waals surface area contributed by atoms with E-state index in [1.165, 1.54) is 0 Å². The number of morpholine rings is 1. The first-order chi connectivity index (χ1) is 15.0. The Hall–Kier alpha value is -3.34. The summed E-state index contributed by atoms with van der Waals surface area (Å²) in [6, 6.07) is 14.0. The predicted molar refractivity (Wildman–Crippen MR) is 120 cm³/mol. The third kappa shape index (κ3) is 4.26. The third-order valence-electron chi connectivity index (χ3n) is 5.35. The van der Waals surface area contributed by atoms with Crippen molar-refractivity contribution in [2.45, 2.75) is 13.0 Å². The maximum absolute atomic E-state index is 11.6. The van der Waals surface area contributed by atoms with E-state index in [1.807, 2.05) is 13.0 Å². The quantitative estimate of drug-likeness (QED) is 0.608. The molecule has 1 atom stereocenters. The van der Waals surface area contributed by atoms with E-state index in [-0.39, 0.29) is 11.6 Å². The van der Waals surface area contributed by atoms with Gasteiger partial charge in [-0.15, -0.1) is 0 Å². The number of rotatable bonds is 5. The summed E-state index contributed by atoms with van der Waals surface area (Å²) in [5.74, 6) is -0.292. The minimum Gasteiger partial charge on any atom is -0.478 e. The molecular weight excluding hydrogens is 416 g/mol. The number of hydrogen-bond donors (Lipinski definition) is 2. The van der Waals surface area contributed by atoms with E-state index in [0.717, 1.165) is 5.56 Å². The van der Waals surface area contributed by atoms with Crippen LogP contribution < -0.4 is 10.2 Å². The van der Waals surface area contributed by atoms with Crippen LogP contribution in [0.3, 0.4) is 0 Å². The van der Waals surface area contributed by atoms with Crippen LogP contribution in [0.2, 0.25) is 5.02 Å². The number of fused-ring (bicyclic) bond motifs is 1. The smallest absolute Gasteiger partial charge is 0.337 e. The zero-order chi connectivity index (χ0) is 22.0. The molecule has 1 aromatic heterocycles. The number of aromatic carboxylic acids is 1. The van der Waals surface area contributed by atoms with Gasteiger partial charge >= 0.3 is 5.97 Å². The fourth-order valence-corrected chi connectivity index (χ4v) is 4.01. The molecule has 0 bridgehead atoms. The van der Waals surface area contributed by atoms with Crippen molar-refractivity contribution in [1.82, 2.24) is 4.98 Å². The van der Waals surface area contributed by atoms with E-state index in [0.29, 0.717) is 59.3 Å². The lowest BCUT2D eigenvalue weighted by Gasteiger charge is -2.28. The molecule has 0 saturated carbocycles.